The van der Waals surface area contributed by atoms with E-state index < -0.39 is 21.3 Å². The summed E-state index contributed by atoms with van der Waals surface area (Å²) in [7, 11) is -4.23. The van der Waals surface area contributed by atoms with E-state index in [1.807, 2.05) is 0 Å². The van der Waals surface area contributed by atoms with Gasteiger partial charge in [-0.3, -0.25) is 19.3 Å². The van der Waals surface area contributed by atoms with Gasteiger partial charge in [0.1, 0.15) is 4.90 Å². The highest BCUT2D eigenvalue weighted by Crippen LogP contribution is 2.37. The van der Waals surface area contributed by atoms with Crippen LogP contribution in [0.25, 0.3) is 6.08 Å². The Morgan fingerprint density at radius 2 is 1.75 bits per heavy atom. The summed E-state index contributed by atoms with van der Waals surface area (Å²) in [5, 5.41) is 2.88. The Bertz CT molecular complexity index is 1620. The van der Waals surface area contributed by atoms with Crippen LogP contribution in [0, 0.1) is 0 Å². The van der Waals surface area contributed by atoms with Gasteiger partial charge in [-0.25, -0.2) is 0 Å². The average molecular weight is 622 g/mol. The number of ether oxygens (including phenoxy) is 1. The van der Waals surface area contributed by atoms with Gasteiger partial charge in [0.25, 0.3) is 11.1 Å². The second kappa shape index (κ2) is 12.3. The van der Waals surface area contributed by atoms with Crippen molar-refractivity contribution >= 4 is 73.9 Å². The number of hydrogen-bond acceptors (Lipinski definition) is 8. The monoisotopic (exact) mass is 620 g/mol. The maximum Gasteiger partial charge on any atom is 0.339 e. The Balaban J connectivity index is 1.54. The Labute approximate surface area is 245 Å². The number of carbonyl (C=O) groups is 3. The van der Waals surface area contributed by atoms with Crippen molar-refractivity contribution in [2.45, 2.75) is 25.3 Å². The van der Waals surface area contributed by atoms with Gasteiger partial charge in [-0.05, 0) is 84.4 Å². The molecular formula is C27H22Cl2N2O7S2. The number of hydrogen-bond donors (Lipinski definition) is 1. The molecule has 1 aliphatic heterocycles. The molecule has 3 aromatic carbocycles. The van der Waals surface area contributed by atoms with Crippen LogP contribution in [0.5, 0.6) is 11.5 Å². The highest BCUT2D eigenvalue weighted by atomic mass is 35.5. The van der Waals surface area contributed by atoms with Gasteiger partial charge in [0.15, 0.2) is 11.5 Å². The molecule has 0 radical (unpaired) electrons. The van der Waals surface area contributed by atoms with Crippen molar-refractivity contribution in [3.8, 4) is 11.5 Å². The number of nitrogens with zero attached hydrogens (tertiary/aromatic N) is 1. The molecule has 0 saturated carbocycles. The third kappa shape index (κ3) is 6.97. The molecular weight excluding hydrogens is 599 g/mol. The standard InChI is InChI=1S/C27H22Cl2N2O7S2/c1-3-37-24-12-17(4-11-23(24)38-40(35,36)21-9-7-20(8-10-21)30-16(2)32)13-25-26(33)31(27(34)39-25)15-18-5-6-19(28)14-22(18)29/h4-14H,3,15H2,1-2H3,(H,30,32)/b25-13-. The first-order valence-corrected chi connectivity index (χ1v) is 14.7. The highest BCUT2D eigenvalue weighted by molar-refractivity contribution is 8.18. The maximum atomic E-state index is 13.0. The van der Waals surface area contributed by atoms with Crippen molar-refractivity contribution in [1.29, 1.82) is 0 Å². The molecule has 0 aliphatic carbocycles. The minimum atomic E-state index is -4.23. The molecule has 4 rings (SSSR count). The van der Waals surface area contributed by atoms with Gasteiger partial charge < -0.3 is 14.2 Å². The zero-order valence-electron chi connectivity index (χ0n) is 21.1. The lowest BCUT2D eigenvalue weighted by Crippen LogP contribution is -2.27. The van der Waals surface area contributed by atoms with Crippen LogP contribution in [0.15, 0.2) is 70.5 Å². The number of amides is 3. The first-order valence-electron chi connectivity index (χ1n) is 11.7. The number of anilines is 1. The molecule has 208 valence electrons. The largest absolute Gasteiger partial charge is 0.490 e. The summed E-state index contributed by atoms with van der Waals surface area (Å²) < 4.78 is 36.7. The zero-order chi connectivity index (χ0) is 29.0. The molecule has 3 amide bonds. The molecule has 13 heteroatoms. The van der Waals surface area contributed by atoms with Crippen LogP contribution >= 0.6 is 35.0 Å². The fourth-order valence-corrected chi connectivity index (χ4v) is 5.88. The van der Waals surface area contributed by atoms with E-state index in [0.29, 0.717) is 26.9 Å². The van der Waals surface area contributed by atoms with E-state index in [9.17, 15) is 22.8 Å². The van der Waals surface area contributed by atoms with Crippen molar-refractivity contribution < 1.29 is 31.7 Å². The molecule has 0 bridgehead atoms. The van der Waals surface area contributed by atoms with Crippen molar-refractivity contribution in [3.05, 3.63) is 86.7 Å². The number of rotatable bonds is 9. The topological polar surface area (TPSA) is 119 Å². The van der Waals surface area contributed by atoms with E-state index in [2.05, 4.69) is 5.32 Å². The first kappa shape index (κ1) is 29.5. The summed E-state index contributed by atoms with van der Waals surface area (Å²) in [5.41, 5.74) is 1.50. The molecule has 9 nitrogen and oxygen atoms in total. The molecule has 1 aliphatic rings. The lowest BCUT2D eigenvalue weighted by atomic mass is 10.1. The predicted octanol–water partition coefficient (Wildman–Crippen LogP) is 6.35. The maximum absolute atomic E-state index is 13.0. The number of halogens is 2. The Morgan fingerprint density at radius 3 is 2.40 bits per heavy atom. The third-order valence-electron chi connectivity index (χ3n) is 5.45. The van der Waals surface area contributed by atoms with Gasteiger partial charge >= 0.3 is 10.1 Å². The lowest BCUT2D eigenvalue weighted by molar-refractivity contribution is -0.123. The first-order chi connectivity index (χ1) is 19.0. The van der Waals surface area contributed by atoms with Crippen LogP contribution in [-0.4, -0.2) is 37.0 Å². The molecule has 1 heterocycles. The molecule has 1 fully saturated rings. The lowest BCUT2D eigenvalue weighted by Gasteiger charge is -2.14. The summed E-state index contributed by atoms with van der Waals surface area (Å²) in [6.07, 6.45) is 1.51. The quantitative estimate of drug-likeness (QED) is 0.217. The van der Waals surface area contributed by atoms with E-state index in [1.165, 1.54) is 61.5 Å². The molecule has 0 aromatic heterocycles. The van der Waals surface area contributed by atoms with Gasteiger partial charge in [-0.2, -0.15) is 8.42 Å². The van der Waals surface area contributed by atoms with E-state index in [0.717, 1.165) is 16.7 Å². The Hall–Kier alpha value is -3.51. The van der Waals surface area contributed by atoms with Crippen LogP contribution in [0.2, 0.25) is 10.0 Å². The predicted molar refractivity (Wildman–Crippen MR) is 154 cm³/mol. The summed E-state index contributed by atoms with van der Waals surface area (Å²) >= 11 is 12.9. The van der Waals surface area contributed by atoms with Crippen LogP contribution in [0.3, 0.4) is 0 Å². The molecule has 3 aromatic rings. The SMILES string of the molecule is CCOc1cc(/C=C2\SC(=O)N(Cc3ccc(Cl)cc3Cl)C2=O)ccc1OS(=O)(=O)c1ccc(NC(C)=O)cc1. The number of carbonyl (C=O) groups excluding carboxylic acids is 3. The van der Waals surface area contributed by atoms with Crippen LogP contribution in [0.1, 0.15) is 25.0 Å². The molecule has 1 saturated heterocycles. The minimum Gasteiger partial charge on any atom is -0.490 e. The van der Waals surface area contributed by atoms with E-state index in [-0.39, 0.29) is 40.4 Å². The van der Waals surface area contributed by atoms with E-state index in [4.69, 9.17) is 32.1 Å². The Kier molecular flexibility index (Phi) is 9.09. The highest BCUT2D eigenvalue weighted by Gasteiger charge is 2.35. The second-order valence-corrected chi connectivity index (χ2v) is 11.8. The Morgan fingerprint density at radius 1 is 1.02 bits per heavy atom. The molecule has 0 atom stereocenters. The van der Waals surface area contributed by atoms with E-state index >= 15 is 0 Å². The van der Waals surface area contributed by atoms with Crippen LogP contribution in [0.4, 0.5) is 10.5 Å². The van der Waals surface area contributed by atoms with Crippen LogP contribution < -0.4 is 14.2 Å². The minimum absolute atomic E-state index is 0.0152. The number of thioether (sulfide) groups is 1. The van der Waals surface area contributed by atoms with Gasteiger partial charge in [-0.1, -0.05) is 35.3 Å². The van der Waals surface area contributed by atoms with Gasteiger partial charge in [-0.15, -0.1) is 0 Å². The van der Waals surface area contributed by atoms with Gasteiger partial charge in [0, 0.05) is 22.7 Å². The molecule has 0 unspecified atom stereocenters. The molecule has 1 N–H and O–H groups in total. The number of nitrogens with one attached hydrogen (secondary N) is 1. The average Bonchev–Trinajstić information content (AvgIpc) is 3.14. The number of imide groups is 1. The molecule has 0 spiro atoms. The third-order valence-corrected chi connectivity index (χ3v) is 8.19. The molecule has 40 heavy (non-hydrogen) atoms. The van der Waals surface area contributed by atoms with Crippen LogP contribution in [-0.2, 0) is 26.3 Å². The van der Waals surface area contributed by atoms with Gasteiger partial charge in [0.2, 0.25) is 5.91 Å². The van der Waals surface area contributed by atoms with Crippen molar-refractivity contribution in [1.82, 2.24) is 4.90 Å². The summed E-state index contributed by atoms with van der Waals surface area (Å²) in [5.74, 6) is -0.717. The number of benzene rings is 3. The second-order valence-electron chi connectivity index (χ2n) is 8.39. The van der Waals surface area contributed by atoms with Crippen molar-refractivity contribution in [3.63, 3.8) is 0 Å². The fourth-order valence-electron chi connectivity index (χ4n) is 3.63. The summed E-state index contributed by atoms with van der Waals surface area (Å²) in [6, 6.07) is 14.8. The fraction of sp³-hybridized carbons (Fsp3) is 0.148. The zero-order valence-corrected chi connectivity index (χ0v) is 24.3. The summed E-state index contributed by atoms with van der Waals surface area (Å²) in [6.45, 7) is 3.26. The summed E-state index contributed by atoms with van der Waals surface area (Å²) in [4.78, 5) is 37.9. The normalized spacial score (nSPS) is 14.5. The van der Waals surface area contributed by atoms with E-state index in [1.54, 1.807) is 19.1 Å². The van der Waals surface area contributed by atoms with Crippen molar-refractivity contribution in [2.24, 2.45) is 0 Å². The van der Waals surface area contributed by atoms with Gasteiger partial charge in [0.05, 0.1) is 18.1 Å². The van der Waals surface area contributed by atoms with Crippen molar-refractivity contribution in [2.75, 3.05) is 11.9 Å². The smallest absolute Gasteiger partial charge is 0.339 e.